The van der Waals surface area contributed by atoms with Gasteiger partial charge < -0.3 is 20.5 Å². The molecule has 0 aliphatic heterocycles. The van der Waals surface area contributed by atoms with Crippen LogP contribution in [-0.2, 0) is 0 Å². The molecule has 128 valence electrons. The van der Waals surface area contributed by atoms with Crippen molar-refractivity contribution in [3.05, 3.63) is 65.5 Å². The number of benzene rings is 2. The number of hydrogen-bond acceptors (Lipinski definition) is 3. The van der Waals surface area contributed by atoms with E-state index in [-0.39, 0.29) is 12.4 Å². The van der Waals surface area contributed by atoms with Gasteiger partial charge in [0.2, 0.25) is 0 Å². The van der Waals surface area contributed by atoms with Crippen LogP contribution in [0.4, 0.5) is 9.18 Å². The molecular formula is C18H21FN2O3. The molecule has 2 rings (SSSR count). The predicted molar refractivity (Wildman–Crippen MR) is 89.5 cm³/mol. The lowest BCUT2D eigenvalue weighted by atomic mass is 9.98. The van der Waals surface area contributed by atoms with Gasteiger partial charge in [0.25, 0.3) is 0 Å². The number of carbonyl (C=O) groups excluding carboxylic acids is 1. The normalized spacial score (nSPS) is 13.0. The number of halogens is 1. The van der Waals surface area contributed by atoms with E-state index >= 15 is 0 Å². The largest absolute Gasteiger partial charge is 0.497 e. The van der Waals surface area contributed by atoms with E-state index in [2.05, 4.69) is 10.6 Å². The van der Waals surface area contributed by atoms with Gasteiger partial charge >= 0.3 is 6.03 Å². The van der Waals surface area contributed by atoms with Gasteiger partial charge in [-0.3, -0.25) is 0 Å². The van der Waals surface area contributed by atoms with Crippen LogP contribution in [0, 0.1) is 5.82 Å². The number of aliphatic hydroxyl groups excluding tert-OH is 1. The quantitative estimate of drug-likeness (QED) is 0.761. The first-order chi connectivity index (χ1) is 11.5. The fourth-order valence-corrected chi connectivity index (χ4v) is 2.23. The maximum absolute atomic E-state index is 13.2. The van der Waals surface area contributed by atoms with E-state index in [4.69, 9.17) is 4.74 Å². The molecule has 0 aliphatic rings. The van der Waals surface area contributed by atoms with Gasteiger partial charge in [0, 0.05) is 6.54 Å². The van der Waals surface area contributed by atoms with Crippen molar-refractivity contribution in [2.75, 3.05) is 13.7 Å². The Kier molecular flexibility index (Phi) is 6.14. The van der Waals surface area contributed by atoms with Gasteiger partial charge in [-0.1, -0.05) is 24.3 Å². The Balaban J connectivity index is 2.23. The van der Waals surface area contributed by atoms with Gasteiger partial charge in [-0.2, -0.15) is 0 Å². The van der Waals surface area contributed by atoms with Crippen molar-refractivity contribution in [2.24, 2.45) is 0 Å². The van der Waals surface area contributed by atoms with Gasteiger partial charge in [0.05, 0.1) is 19.3 Å². The van der Waals surface area contributed by atoms with Gasteiger partial charge in [-0.05, 0) is 42.3 Å². The van der Waals surface area contributed by atoms with Crippen LogP contribution in [0.5, 0.6) is 5.75 Å². The highest BCUT2D eigenvalue weighted by molar-refractivity contribution is 5.75. The van der Waals surface area contributed by atoms with Gasteiger partial charge in [-0.15, -0.1) is 0 Å². The van der Waals surface area contributed by atoms with Crippen molar-refractivity contribution in [3.63, 3.8) is 0 Å². The van der Waals surface area contributed by atoms with Crippen molar-refractivity contribution in [3.8, 4) is 5.75 Å². The third kappa shape index (κ3) is 4.96. The molecule has 5 nitrogen and oxygen atoms in total. The molecule has 0 fully saturated rings. The minimum atomic E-state index is -0.638. The van der Waals surface area contributed by atoms with Crippen LogP contribution < -0.4 is 15.4 Å². The van der Waals surface area contributed by atoms with E-state index in [9.17, 15) is 14.3 Å². The summed E-state index contributed by atoms with van der Waals surface area (Å²) in [5.74, 6) is 0.362. The molecule has 2 atom stereocenters. The molecule has 1 unspecified atom stereocenters. The zero-order valence-electron chi connectivity index (χ0n) is 13.6. The summed E-state index contributed by atoms with van der Waals surface area (Å²) in [5, 5.41) is 14.7. The van der Waals surface area contributed by atoms with Crippen LogP contribution in [0.25, 0.3) is 0 Å². The second-order valence-electron chi connectivity index (χ2n) is 5.46. The predicted octanol–water partition coefficient (Wildman–Crippen LogP) is 2.60. The molecule has 2 aromatic carbocycles. The molecule has 0 aliphatic carbocycles. The molecule has 3 N–H and O–H groups in total. The average Bonchev–Trinajstić information content (AvgIpc) is 2.59. The van der Waals surface area contributed by atoms with Crippen molar-refractivity contribution in [1.82, 2.24) is 10.6 Å². The zero-order chi connectivity index (χ0) is 17.5. The fraction of sp³-hybridized carbons (Fsp3) is 0.278. The maximum atomic E-state index is 13.2. The standard InChI is InChI=1S/C18H21FN2O3/c1-12(22)11-20-18(23)21-17(13-3-7-15(19)8-4-13)14-5-9-16(24-2)10-6-14/h3-10,12,17,22H,11H2,1-2H3,(H2,20,21,23)/t12-,17?/m1/s1. The Hall–Kier alpha value is -2.60. The number of methoxy groups -OCH3 is 1. The number of nitrogens with one attached hydrogen (secondary N) is 2. The summed E-state index contributed by atoms with van der Waals surface area (Å²) in [7, 11) is 1.58. The average molecular weight is 332 g/mol. The molecule has 2 amide bonds. The van der Waals surface area contributed by atoms with Crippen LogP contribution >= 0.6 is 0 Å². The molecule has 0 bridgehead atoms. The fourth-order valence-electron chi connectivity index (χ4n) is 2.23. The second kappa shape index (κ2) is 8.31. The van der Waals surface area contributed by atoms with Crippen molar-refractivity contribution < 1.29 is 19.0 Å². The minimum Gasteiger partial charge on any atom is -0.497 e. The first-order valence-electron chi connectivity index (χ1n) is 7.61. The zero-order valence-corrected chi connectivity index (χ0v) is 13.6. The Morgan fingerprint density at radius 2 is 1.67 bits per heavy atom. The van der Waals surface area contributed by atoms with E-state index in [1.807, 2.05) is 12.1 Å². The number of hydrogen-bond donors (Lipinski definition) is 3. The number of rotatable bonds is 6. The second-order valence-corrected chi connectivity index (χ2v) is 5.46. The lowest BCUT2D eigenvalue weighted by molar-refractivity contribution is 0.187. The van der Waals surface area contributed by atoms with E-state index in [1.54, 1.807) is 38.3 Å². The summed E-state index contributed by atoms with van der Waals surface area (Å²) in [5.41, 5.74) is 1.57. The third-order valence-electron chi connectivity index (χ3n) is 3.49. The number of aliphatic hydroxyl groups is 1. The smallest absolute Gasteiger partial charge is 0.315 e. The van der Waals surface area contributed by atoms with E-state index in [0.717, 1.165) is 11.1 Å². The molecule has 0 radical (unpaired) electrons. The van der Waals surface area contributed by atoms with Crippen molar-refractivity contribution >= 4 is 6.03 Å². The molecule has 6 heteroatoms. The highest BCUT2D eigenvalue weighted by Crippen LogP contribution is 2.24. The summed E-state index contributed by atoms with van der Waals surface area (Å²) in [6.07, 6.45) is -0.638. The number of amides is 2. The summed E-state index contributed by atoms with van der Waals surface area (Å²) < 4.78 is 18.3. The molecular weight excluding hydrogens is 311 g/mol. The number of ether oxygens (including phenoxy) is 1. The first kappa shape index (κ1) is 17.7. The topological polar surface area (TPSA) is 70.6 Å². The van der Waals surface area contributed by atoms with Gasteiger partial charge in [0.15, 0.2) is 0 Å². The SMILES string of the molecule is COc1ccc(C(NC(=O)NC[C@@H](C)O)c2ccc(F)cc2)cc1. The van der Waals surface area contributed by atoms with Crippen LogP contribution in [0.2, 0.25) is 0 Å². The molecule has 24 heavy (non-hydrogen) atoms. The molecule has 0 saturated heterocycles. The van der Waals surface area contributed by atoms with Crippen molar-refractivity contribution in [1.29, 1.82) is 0 Å². The Morgan fingerprint density at radius 1 is 1.12 bits per heavy atom. The molecule has 0 saturated carbocycles. The number of carbonyl (C=O) groups is 1. The first-order valence-corrected chi connectivity index (χ1v) is 7.61. The highest BCUT2D eigenvalue weighted by Gasteiger charge is 2.17. The molecule has 0 spiro atoms. The summed E-state index contributed by atoms with van der Waals surface area (Å²) in [6.45, 7) is 1.73. The van der Waals surface area contributed by atoms with E-state index in [0.29, 0.717) is 5.75 Å². The Bertz CT molecular complexity index is 657. The number of urea groups is 1. The third-order valence-corrected chi connectivity index (χ3v) is 3.49. The van der Waals surface area contributed by atoms with Crippen LogP contribution in [0.1, 0.15) is 24.1 Å². The van der Waals surface area contributed by atoms with Crippen molar-refractivity contribution in [2.45, 2.75) is 19.1 Å². The van der Waals surface area contributed by atoms with Crippen LogP contribution in [0.15, 0.2) is 48.5 Å². The molecule has 2 aromatic rings. The lowest BCUT2D eigenvalue weighted by Crippen LogP contribution is -2.41. The minimum absolute atomic E-state index is 0.143. The van der Waals surface area contributed by atoms with Crippen LogP contribution in [-0.4, -0.2) is 30.9 Å². The summed E-state index contributed by atoms with van der Waals surface area (Å²) in [6, 6.07) is 12.3. The van der Waals surface area contributed by atoms with Gasteiger partial charge in [-0.25, -0.2) is 9.18 Å². The van der Waals surface area contributed by atoms with Gasteiger partial charge in [0.1, 0.15) is 11.6 Å². The molecule has 0 aromatic heterocycles. The summed E-state index contributed by atoms with van der Waals surface area (Å²) >= 11 is 0. The highest BCUT2D eigenvalue weighted by atomic mass is 19.1. The van der Waals surface area contributed by atoms with Crippen LogP contribution in [0.3, 0.4) is 0 Å². The Labute approximate surface area is 140 Å². The maximum Gasteiger partial charge on any atom is 0.315 e. The summed E-state index contributed by atoms with van der Waals surface area (Å²) in [4.78, 5) is 12.1. The van der Waals surface area contributed by atoms with E-state index in [1.165, 1.54) is 12.1 Å². The lowest BCUT2D eigenvalue weighted by Gasteiger charge is -2.21. The van der Waals surface area contributed by atoms with E-state index < -0.39 is 18.2 Å². The molecule has 0 heterocycles. The Morgan fingerprint density at radius 3 is 2.17 bits per heavy atom. The monoisotopic (exact) mass is 332 g/mol.